The highest BCUT2D eigenvalue weighted by Gasteiger charge is 2.10. The highest BCUT2D eigenvalue weighted by molar-refractivity contribution is 7.89. The molecule has 0 bridgehead atoms. The van der Waals surface area contributed by atoms with Gasteiger partial charge in [-0.2, -0.15) is 0 Å². The second kappa shape index (κ2) is 6.31. The van der Waals surface area contributed by atoms with Crippen LogP contribution in [0.1, 0.15) is 22.2 Å². The van der Waals surface area contributed by atoms with Gasteiger partial charge in [0.15, 0.2) is 0 Å². The van der Waals surface area contributed by atoms with E-state index >= 15 is 0 Å². The third-order valence-electron chi connectivity index (χ3n) is 2.45. The maximum Gasteiger partial charge on any atom is 0.235 e. The molecule has 0 aliphatic heterocycles. The number of thiophene rings is 1. The van der Waals surface area contributed by atoms with E-state index in [-0.39, 0.29) is 18.2 Å². The largest absolute Gasteiger partial charge is 0.351 e. The number of amides is 1. The Balaban J connectivity index is 2.40. The van der Waals surface area contributed by atoms with E-state index in [9.17, 15) is 13.2 Å². The van der Waals surface area contributed by atoms with Crippen LogP contribution in [0.3, 0.4) is 0 Å². The summed E-state index contributed by atoms with van der Waals surface area (Å²) in [4.78, 5) is 13.8. The summed E-state index contributed by atoms with van der Waals surface area (Å²) in [5, 5.41) is 2.69. The summed E-state index contributed by atoms with van der Waals surface area (Å²) >= 11 is 1.68. The first-order valence-corrected chi connectivity index (χ1v) is 8.11. The number of hydrogen-bond acceptors (Lipinski definition) is 4. The van der Waals surface area contributed by atoms with E-state index in [2.05, 4.69) is 10.0 Å². The zero-order chi connectivity index (χ0) is 13.8. The highest BCUT2D eigenvalue weighted by Crippen LogP contribution is 2.19. The van der Waals surface area contributed by atoms with E-state index in [0.717, 1.165) is 5.56 Å². The van der Waals surface area contributed by atoms with Crippen molar-refractivity contribution >= 4 is 27.3 Å². The van der Waals surface area contributed by atoms with Crippen molar-refractivity contribution in [3.63, 3.8) is 0 Å². The van der Waals surface area contributed by atoms with Gasteiger partial charge in [-0.1, -0.05) is 0 Å². The van der Waals surface area contributed by atoms with E-state index in [1.54, 1.807) is 11.3 Å². The summed E-state index contributed by atoms with van der Waals surface area (Å²) in [7, 11) is -3.31. The van der Waals surface area contributed by atoms with Crippen molar-refractivity contribution in [2.75, 3.05) is 12.3 Å². The predicted octanol–water partition coefficient (Wildman–Crippen LogP) is 0.920. The van der Waals surface area contributed by atoms with Gasteiger partial charge in [0.25, 0.3) is 0 Å². The molecule has 0 saturated heterocycles. The molecule has 102 valence electrons. The fraction of sp³-hybridized carbons (Fsp3) is 0.545. The molecular formula is C11H18N2O3S2. The summed E-state index contributed by atoms with van der Waals surface area (Å²) in [6, 6.07) is 2.02. The van der Waals surface area contributed by atoms with Crippen LogP contribution in [0.25, 0.3) is 0 Å². The molecule has 0 atom stereocenters. The van der Waals surface area contributed by atoms with Gasteiger partial charge in [-0.3, -0.25) is 4.79 Å². The Morgan fingerprint density at radius 3 is 2.56 bits per heavy atom. The monoisotopic (exact) mass is 290 g/mol. The molecule has 0 saturated carbocycles. The van der Waals surface area contributed by atoms with Gasteiger partial charge >= 0.3 is 0 Å². The number of carbonyl (C=O) groups excluding carboxylic acids is 1. The Labute approximate surface area is 112 Å². The van der Waals surface area contributed by atoms with Crippen LogP contribution in [0, 0.1) is 13.8 Å². The van der Waals surface area contributed by atoms with Crippen LogP contribution in [0.4, 0.5) is 0 Å². The quantitative estimate of drug-likeness (QED) is 0.818. The summed E-state index contributed by atoms with van der Waals surface area (Å²) in [6.07, 6.45) is 0. The van der Waals surface area contributed by atoms with Crippen LogP contribution in [-0.2, 0) is 21.4 Å². The van der Waals surface area contributed by atoms with Crippen molar-refractivity contribution < 1.29 is 13.2 Å². The summed E-state index contributed by atoms with van der Waals surface area (Å²) in [5.41, 5.74) is 1.07. The van der Waals surface area contributed by atoms with Gasteiger partial charge in [-0.15, -0.1) is 11.3 Å². The fourth-order valence-corrected chi connectivity index (χ4v) is 2.89. The maximum atomic E-state index is 11.5. The normalized spacial score (nSPS) is 11.5. The van der Waals surface area contributed by atoms with E-state index in [4.69, 9.17) is 0 Å². The van der Waals surface area contributed by atoms with Crippen LogP contribution in [0.5, 0.6) is 0 Å². The minimum absolute atomic E-state index is 0.0247. The lowest BCUT2D eigenvalue weighted by molar-refractivity contribution is -0.120. The minimum atomic E-state index is -3.31. The first-order chi connectivity index (χ1) is 8.34. The topological polar surface area (TPSA) is 75.3 Å². The predicted molar refractivity (Wildman–Crippen MR) is 73.1 cm³/mol. The molecule has 0 spiro atoms. The van der Waals surface area contributed by atoms with Gasteiger partial charge in [-0.05, 0) is 32.4 Å². The Kier molecular flexibility index (Phi) is 5.30. The average molecular weight is 290 g/mol. The molecule has 1 rings (SSSR count). The number of aryl methyl sites for hydroxylation is 2. The Bertz CT molecular complexity index is 520. The van der Waals surface area contributed by atoms with Gasteiger partial charge in [0.1, 0.15) is 0 Å². The molecule has 0 aliphatic carbocycles. The van der Waals surface area contributed by atoms with Crippen molar-refractivity contribution in [2.24, 2.45) is 0 Å². The molecule has 7 heteroatoms. The van der Waals surface area contributed by atoms with Crippen LogP contribution in [-0.4, -0.2) is 26.6 Å². The average Bonchev–Trinajstić information content (AvgIpc) is 2.63. The molecule has 18 heavy (non-hydrogen) atoms. The van der Waals surface area contributed by atoms with E-state index in [1.807, 2.05) is 19.9 Å². The molecule has 0 fully saturated rings. The molecule has 1 aromatic rings. The van der Waals surface area contributed by atoms with E-state index < -0.39 is 10.0 Å². The maximum absolute atomic E-state index is 11.5. The lowest BCUT2D eigenvalue weighted by atomic mass is 10.2. The number of rotatable bonds is 6. The van der Waals surface area contributed by atoms with Gasteiger partial charge in [-0.25, -0.2) is 13.1 Å². The van der Waals surface area contributed by atoms with E-state index in [1.165, 1.54) is 16.7 Å². The first-order valence-electron chi connectivity index (χ1n) is 5.64. The minimum Gasteiger partial charge on any atom is -0.351 e. The molecular weight excluding hydrogens is 272 g/mol. The third-order valence-corrected chi connectivity index (χ3v) is 4.80. The SMILES string of the molecule is CCS(=O)(=O)NCC(=O)NCc1cc(C)sc1C. The van der Waals surface area contributed by atoms with Crippen LogP contribution >= 0.6 is 11.3 Å². The molecule has 0 aromatic carbocycles. The Morgan fingerprint density at radius 1 is 1.39 bits per heavy atom. The van der Waals surface area contributed by atoms with Crippen molar-refractivity contribution in [2.45, 2.75) is 27.3 Å². The van der Waals surface area contributed by atoms with Crippen molar-refractivity contribution in [1.29, 1.82) is 0 Å². The van der Waals surface area contributed by atoms with Crippen molar-refractivity contribution in [3.8, 4) is 0 Å². The number of carbonyl (C=O) groups is 1. The summed E-state index contributed by atoms with van der Waals surface area (Å²) < 4.78 is 24.5. The van der Waals surface area contributed by atoms with Gasteiger partial charge in [0.2, 0.25) is 15.9 Å². The Hall–Kier alpha value is -0.920. The fourth-order valence-electron chi connectivity index (χ4n) is 1.39. The molecule has 1 amide bonds. The second-order valence-electron chi connectivity index (χ2n) is 3.94. The molecule has 2 N–H and O–H groups in total. The van der Waals surface area contributed by atoms with Crippen LogP contribution in [0.15, 0.2) is 6.07 Å². The second-order valence-corrected chi connectivity index (χ2v) is 7.50. The van der Waals surface area contributed by atoms with E-state index in [0.29, 0.717) is 6.54 Å². The van der Waals surface area contributed by atoms with Gasteiger partial charge in [0, 0.05) is 16.3 Å². The lowest BCUT2D eigenvalue weighted by Gasteiger charge is -2.06. The molecule has 0 unspecified atom stereocenters. The smallest absolute Gasteiger partial charge is 0.235 e. The zero-order valence-corrected chi connectivity index (χ0v) is 12.4. The number of hydrogen-bond donors (Lipinski definition) is 2. The summed E-state index contributed by atoms with van der Waals surface area (Å²) in [5.74, 6) is -0.349. The van der Waals surface area contributed by atoms with Crippen LogP contribution in [0.2, 0.25) is 0 Å². The Morgan fingerprint density at radius 2 is 2.06 bits per heavy atom. The molecule has 0 radical (unpaired) electrons. The number of sulfonamides is 1. The van der Waals surface area contributed by atoms with Gasteiger partial charge < -0.3 is 5.32 Å². The lowest BCUT2D eigenvalue weighted by Crippen LogP contribution is -2.37. The van der Waals surface area contributed by atoms with Crippen molar-refractivity contribution in [3.05, 3.63) is 21.4 Å². The zero-order valence-electron chi connectivity index (χ0n) is 10.7. The summed E-state index contributed by atoms with van der Waals surface area (Å²) in [6.45, 7) is 5.76. The molecule has 1 heterocycles. The van der Waals surface area contributed by atoms with Crippen molar-refractivity contribution in [1.82, 2.24) is 10.0 Å². The first kappa shape index (κ1) is 15.1. The van der Waals surface area contributed by atoms with Crippen LogP contribution < -0.4 is 10.0 Å². The molecule has 5 nitrogen and oxygen atoms in total. The standard InChI is InChI=1S/C11H18N2O3S2/c1-4-18(15,16)13-7-11(14)12-6-10-5-8(2)17-9(10)3/h5,13H,4,6-7H2,1-3H3,(H,12,14). The van der Waals surface area contributed by atoms with Gasteiger partial charge in [0.05, 0.1) is 12.3 Å². The molecule has 0 aliphatic rings. The highest BCUT2D eigenvalue weighted by atomic mass is 32.2. The molecule has 1 aromatic heterocycles. The number of nitrogens with one attached hydrogen (secondary N) is 2. The third kappa shape index (κ3) is 4.75.